The second kappa shape index (κ2) is 6.46. The van der Waals surface area contributed by atoms with Crippen molar-refractivity contribution in [2.24, 2.45) is 5.92 Å². The number of nitrogens with zero attached hydrogens (tertiary/aromatic N) is 1. The first-order valence-corrected chi connectivity index (χ1v) is 8.43. The lowest BCUT2D eigenvalue weighted by Crippen LogP contribution is -2.20. The SMILES string of the molecule is OCCC1CCN(c2ccc(CNC3CC3)c(Br)c2)C1. The van der Waals surface area contributed by atoms with Crippen LogP contribution in [0.5, 0.6) is 0 Å². The highest BCUT2D eigenvalue weighted by Gasteiger charge is 2.23. The molecule has 3 rings (SSSR count). The highest BCUT2D eigenvalue weighted by atomic mass is 79.9. The van der Waals surface area contributed by atoms with E-state index in [1.807, 2.05) is 0 Å². The van der Waals surface area contributed by atoms with E-state index >= 15 is 0 Å². The molecule has 20 heavy (non-hydrogen) atoms. The van der Waals surface area contributed by atoms with Crippen LogP contribution in [0, 0.1) is 5.92 Å². The van der Waals surface area contributed by atoms with Crippen LogP contribution in [0.2, 0.25) is 0 Å². The van der Waals surface area contributed by atoms with Crippen LogP contribution in [0.25, 0.3) is 0 Å². The summed E-state index contributed by atoms with van der Waals surface area (Å²) in [7, 11) is 0. The molecule has 0 radical (unpaired) electrons. The Labute approximate surface area is 129 Å². The number of rotatable bonds is 6. The summed E-state index contributed by atoms with van der Waals surface area (Å²) in [5.41, 5.74) is 2.64. The fraction of sp³-hybridized carbons (Fsp3) is 0.625. The molecule has 0 spiro atoms. The molecule has 1 saturated carbocycles. The maximum Gasteiger partial charge on any atom is 0.0434 e. The quantitative estimate of drug-likeness (QED) is 0.837. The third-order valence-corrected chi connectivity index (χ3v) is 5.12. The Balaban J connectivity index is 1.61. The Morgan fingerprint density at radius 3 is 2.85 bits per heavy atom. The van der Waals surface area contributed by atoms with Gasteiger partial charge in [-0.3, -0.25) is 0 Å². The summed E-state index contributed by atoms with van der Waals surface area (Å²) in [6, 6.07) is 7.45. The minimum Gasteiger partial charge on any atom is -0.396 e. The monoisotopic (exact) mass is 338 g/mol. The lowest BCUT2D eigenvalue weighted by Gasteiger charge is -2.20. The summed E-state index contributed by atoms with van der Waals surface area (Å²) >= 11 is 3.70. The number of halogens is 1. The predicted octanol–water partition coefficient (Wildman–Crippen LogP) is 2.91. The normalized spacial score (nSPS) is 22.5. The third kappa shape index (κ3) is 3.54. The van der Waals surface area contributed by atoms with Crippen molar-refractivity contribution >= 4 is 21.6 Å². The maximum absolute atomic E-state index is 9.04. The van der Waals surface area contributed by atoms with Gasteiger partial charge in [-0.15, -0.1) is 0 Å². The van der Waals surface area contributed by atoms with Gasteiger partial charge in [0.15, 0.2) is 0 Å². The smallest absolute Gasteiger partial charge is 0.0434 e. The van der Waals surface area contributed by atoms with E-state index in [2.05, 4.69) is 44.3 Å². The number of anilines is 1. The average Bonchev–Trinajstić information content (AvgIpc) is 3.16. The van der Waals surface area contributed by atoms with Gasteiger partial charge in [0.2, 0.25) is 0 Å². The first-order chi connectivity index (χ1) is 9.76. The Morgan fingerprint density at radius 2 is 2.15 bits per heavy atom. The van der Waals surface area contributed by atoms with Gasteiger partial charge in [0.1, 0.15) is 0 Å². The Morgan fingerprint density at radius 1 is 1.30 bits per heavy atom. The summed E-state index contributed by atoms with van der Waals surface area (Å²) in [5, 5.41) is 12.6. The van der Waals surface area contributed by atoms with Crippen molar-refractivity contribution in [2.75, 3.05) is 24.6 Å². The second-order valence-electron chi connectivity index (χ2n) is 6.04. The number of nitrogens with one attached hydrogen (secondary N) is 1. The van der Waals surface area contributed by atoms with E-state index in [0.717, 1.165) is 32.1 Å². The number of hydrogen-bond acceptors (Lipinski definition) is 3. The zero-order valence-electron chi connectivity index (χ0n) is 11.8. The van der Waals surface area contributed by atoms with E-state index in [1.165, 1.54) is 35.0 Å². The van der Waals surface area contributed by atoms with Gasteiger partial charge >= 0.3 is 0 Å². The number of aliphatic hydroxyl groups is 1. The molecule has 3 nitrogen and oxygen atoms in total. The summed E-state index contributed by atoms with van der Waals surface area (Å²) < 4.78 is 1.20. The molecule has 4 heteroatoms. The zero-order chi connectivity index (χ0) is 13.9. The minimum absolute atomic E-state index is 0.313. The lowest BCUT2D eigenvalue weighted by atomic mass is 10.1. The molecule has 2 aliphatic rings. The molecule has 0 aromatic heterocycles. The first kappa shape index (κ1) is 14.4. The zero-order valence-corrected chi connectivity index (χ0v) is 13.4. The van der Waals surface area contributed by atoms with Crippen LogP contribution in [-0.2, 0) is 6.54 Å². The minimum atomic E-state index is 0.313. The topological polar surface area (TPSA) is 35.5 Å². The Bertz CT molecular complexity index is 462. The number of aliphatic hydroxyl groups excluding tert-OH is 1. The van der Waals surface area contributed by atoms with E-state index in [-0.39, 0.29) is 0 Å². The van der Waals surface area contributed by atoms with Crippen molar-refractivity contribution < 1.29 is 5.11 Å². The Kier molecular flexibility index (Phi) is 4.64. The third-order valence-electron chi connectivity index (χ3n) is 4.38. The van der Waals surface area contributed by atoms with Crippen LogP contribution < -0.4 is 10.2 Å². The summed E-state index contributed by atoms with van der Waals surface area (Å²) in [4.78, 5) is 2.43. The van der Waals surface area contributed by atoms with Gasteiger partial charge in [-0.2, -0.15) is 0 Å². The highest BCUT2D eigenvalue weighted by molar-refractivity contribution is 9.10. The van der Waals surface area contributed by atoms with Crippen LogP contribution in [-0.4, -0.2) is 30.8 Å². The van der Waals surface area contributed by atoms with Crippen molar-refractivity contribution in [1.29, 1.82) is 0 Å². The number of benzene rings is 1. The molecular formula is C16H23BrN2O. The van der Waals surface area contributed by atoms with Crippen LogP contribution in [0.3, 0.4) is 0 Å². The van der Waals surface area contributed by atoms with Crippen molar-refractivity contribution in [2.45, 2.75) is 38.3 Å². The summed E-state index contributed by atoms with van der Waals surface area (Å²) in [6.45, 7) is 3.45. The largest absolute Gasteiger partial charge is 0.396 e. The maximum atomic E-state index is 9.04. The fourth-order valence-electron chi connectivity index (χ4n) is 2.90. The molecule has 2 N–H and O–H groups in total. The van der Waals surface area contributed by atoms with Gasteiger partial charge in [-0.1, -0.05) is 22.0 Å². The van der Waals surface area contributed by atoms with E-state index in [1.54, 1.807) is 0 Å². The van der Waals surface area contributed by atoms with Gasteiger partial charge in [-0.25, -0.2) is 0 Å². The van der Waals surface area contributed by atoms with Crippen LogP contribution >= 0.6 is 15.9 Å². The van der Waals surface area contributed by atoms with Gasteiger partial charge in [0.25, 0.3) is 0 Å². The van der Waals surface area contributed by atoms with Gasteiger partial charge in [0, 0.05) is 42.4 Å². The van der Waals surface area contributed by atoms with Crippen LogP contribution in [0.15, 0.2) is 22.7 Å². The molecule has 0 bridgehead atoms. The standard InChI is InChI=1S/C16H23BrN2O/c17-16-9-15(19-7-5-12(11-19)6-8-20)4-1-13(16)10-18-14-2-3-14/h1,4,9,12,14,18,20H,2-3,5-8,10-11H2. The van der Waals surface area contributed by atoms with Crippen molar-refractivity contribution in [3.63, 3.8) is 0 Å². The molecule has 1 heterocycles. The van der Waals surface area contributed by atoms with Gasteiger partial charge in [-0.05, 0) is 49.3 Å². The van der Waals surface area contributed by atoms with Crippen molar-refractivity contribution in [1.82, 2.24) is 5.32 Å². The fourth-order valence-corrected chi connectivity index (χ4v) is 3.41. The molecule has 2 fully saturated rings. The van der Waals surface area contributed by atoms with E-state index in [9.17, 15) is 0 Å². The molecule has 110 valence electrons. The highest BCUT2D eigenvalue weighted by Crippen LogP contribution is 2.30. The molecule has 1 unspecified atom stereocenters. The van der Waals surface area contributed by atoms with Crippen LogP contribution in [0.4, 0.5) is 5.69 Å². The van der Waals surface area contributed by atoms with Crippen molar-refractivity contribution in [3.8, 4) is 0 Å². The lowest BCUT2D eigenvalue weighted by molar-refractivity contribution is 0.263. The van der Waals surface area contributed by atoms with Gasteiger partial charge in [0.05, 0.1) is 0 Å². The second-order valence-corrected chi connectivity index (χ2v) is 6.90. The van der Waals surface area contributed by atoms with E-state index < -0.39 is 0 Å². The Hall–Kier alpha value is -0.580. The van der Waals surface area contributed by atoms with E-state index in [0.29, 0.717) is 12.5 Å². The average molecular weight is 339 g/mol. The molecule has 1 aliphatic carbocycles. The van der Waals surface area contributed by atoms with E-state index in [4.69, 9.17) is 5.11 Å². The van der Waals surface area contributed by atoms with Crippen LogP contribution in [0.1, 0.15) is 31.2 Å². The molecule has 1 aromatic rings. The summed E-state index contributed by atoms with van der Waals surface area (Å²) in [6.07, 6.45) is 4.79. The van der Waals surface area contributed by atoms with Gasteiger partial charge < -0.3 is 15.3 Å². The molecule has 1 aliphatic heterocycles. The molecular weight excluding hydrogens is 316 g/mol. The molecule has 1 saturated heterocycles. The first-order valence-electron chi connectivity index (χ1n) is 7.64. The molecule has 0 amide bonds. The number of hydrogen-bond donors (Lipinski definition) is 2. The molecule has 1 aromatic carbocycles. The summed E-state index contributed by atoms with van der Waals surface area (Å²) in [5.74, 6) is 0.648. The molecule has 1 atom stereocenters. The predicted molar refractivity (Wildman–Crippen MR) is 86.0 cm³/mol. The van der Waals surface area contributed by atoms with Crippen molar-refractivity contribution in [3.05, 3.63) is 28.2 Å².